The maximum Gasteiger partial charge on any atom is 0.173 e. The first kappa shape index (κ1) is 10.7. The molecule has 0 unspecified atom stereocenters. The molecule has 0 aliphatic carbocycles. The van der Waals surface area contributed by atoms with Crippen molar-refractivity contribution < 1.29 is 4.79 Å². The summed E-state index contributed by atoms with van der Waals surface area (Å²) in [7, 11) is 0. The SMILES string of the molecule is O=C(CBr)c1cccc2c(Cl)cccc12. The van der Waals surface area contributed by atoms with E-state index >= 15 is 0 Å². The molecule has 0 saturated heterocycles. The van der Waals surface area contributed by atoms with Gasteiger partial charge in [-0.05, 0) is 11.5 Å². The highest BCUT2D eigenvalue weighted by atomic mass is 79.9. The molecule has 0 saturated carbocycles. The Morgan fingerprint density at radius 1 is 1.13 bits per heavy atom. The van der Waals surface area contributed by atoms with E-state index in [4.69, 9.17) is 11.6 Å². The van der Waals surface area contributed by atoms with Crippen LogP contribution in [-0.4, -0.2) is 11.1 Å². The van der Waals surface area contributed by atoms with Crippen LogP contribution in [0, 0.1) is 0 Å². The van der Waals surface area contributed by atoms with Gasteiger partial charge < -0.3 is 0 Å². The zero-order valence-corrected chi connectivity index (χ0v) is 10.2. The lowest BCUT2D eigenvalue weighted by Gasteiger charge is -2.04. The summed E-state index contributed by atoms with van der Waals surface area (Å²) in [6.45, 7) is 0. The molecule has 0 heterocycles. The monoisotopic (exact) mass is 282 g/mol. The third-order valence-electron chi connectivity index (χ3n) is 2.29. The molecule has 0 fully saturated rings. The van der Waals surface area contributed by atoms with Crippen LogP contribution in [0.3, 0.4) is 0 Å². The summed E-state index contributed by atoms with van der Waals surface area (Å²) in [6, 6.07) is 11.2. The molecule has 0 bridgehead atoms. The average molecular weight is 284 g/mol. The fourth-order valence-corrected chi connectivity index (χ4v) is 2.13. The Morgan fingerprint density at radius 2 is 1.80 bits per heavy atom. The summed E-state index contributed by atoms with van der Waals surface area (Å²) in [5.74, 6) is 0.0721. The van der Waals surface area contributed by atoms with Gasteiger partial charge >= 0.3 is 0 Å². The maximum absolute atomic E-state index is 11.6. The largest absolute Gasteiger partial charge is 0.293 e. The van der Waals surface area contributed by atoms with E-state index in [0.717, 1.165) is 10.8 Å². The maximum atomic E-state index is 11.6. The number of carbonyl (C=O) groups is 1. The van der Waals surface area contributed by atoms with Gasteiger partial charge in [-0.25, -0.2) is 0 Å². The molecule has 2 aromatic rings. The molecule has 0 amide bonds. The quantitative estimate of drug-likeness (QED) is 0.600. The smallest absolute Gasteiger partial charge is 0.173 e. The van der Waals surface area contributed by atoms with Crippen LogP contribution < -0.4 is 0 Å². The summed E-state index contributed by atoms with van der Waals surface area (Å²) in [4.78, 5) is 11.6. The summed E-state index contributed by atoms with van der Waals surface area (Å²) >= 11 is 9.23. The molecule has 0 aliphatic rings. The number of carbonyl (C=O) groups excluding carboxylic acids is 1. The molecule has 1 nitrogen and oxygen atoms in total. The minimum Gasteiger partial charge on any atom is -0.293 e. The first-order chi connectivity index (χ1) is 7.24. The van der Waals surface area contributed by atoms with E-state index in [-0.39, 0.29) is 5.78 Å². The lowest BCUT2D eigenvalue weighted by Crippen LogP contribution is -2.00. The fourth-order valence-electron chi connectivity index (χ4n) is 1.59. The van der Waals surface area contributed by atoms with E-state index in [1.165, 1.54) is 0 Å². The van der Waals surface area contributed by atoms with Gasteiger partial charge in [-0.15, -0.1) is 0 Å². The average Bonchev–Trinajstić information content (AvgIpc) is 2.28. The van der Waals surface area contributed by atoms with Gasteiger partial charge in [0.25, 0.3) is 0 Å². The zero-order valence-electron chi connectivity index (χ0n) is 7.84. The molecule has 0 aromatic heterocycles. The predicted molar refractivity (Wildman–Crippen MR) is 67.1 cm³/mol. The van der Waals surface area contributed by atoms with Crippen molar-refractivity contribution in [1.82, 2.24) is 0 Å². The second kappa shape index (κ2) is 4.33. The molecule has 2 rings (SSSR count). The van der Waals surface area contributed by atoms with Crippen molar-refractivity contribution in [2.45, 2.75) is 0 Å². The summed E-state index contributed by atoms with van der Waals surface area (Å²) in [5.41, 5.74) is 0.715. The van der Waals surface area contributed by atoms with Crippen molar-refractivity contribution in [2.75, 3.05) is 5.33 Å². The lowest BCUT2D eigenvalue weighted by atomic mass is 10.0. The third kappa shape index (κ3) is 1.92. The molecule has 0 spiro atoms. The molecule has 15 heavy (non-hydrogen) atoms. The predicted octanol–water partition coefficient (Wildman–Crippen LogP) is 4.07. The van der Waals surface area contributed by atoms with E-state index < -0.39 is 0 Å². The number of benzene rings is 2. The molecule has 0 atom stereocenters. The highest BCUT2D eigenvalue weighted by molar-refractivity contribution is 9.09. The highest BCUT2D eigenvalue weighted by Gasteiger charge is 2.09. The van der Waals surface area contributed by atoms with Crippen molar-refractivity contribution in [1.29, 1.82) is 0 Å². The topological polar surface area (TPSA) is 17.1 Å². The lowest BCUT2D eigenvalue weighted by molar-refractivity contribution is 0.102. The van der Waals surface area contributed by atoms with Crippen molar-refractivity contribution in [3.05, 3.63) is 47.0 Å². The number of rotatable bonds is 2. The second-order valence-corrected chi connectivity index (χ2v) is 4.17. The highest BCUT2D eigenvalue weighted by Crippen LogP contribution is 2.26. The van der Waals surface area contributed by atoms with E-state index in [0.29, 0.717) is 15.9 Å². The van der Waals surface area contributed by atoms with Crippen LogP contribution in [0.1, 0.15) is 10.4 Å². The standard InChI is InChI=1S/C12H8BrClO/c13-7-12(15)10-5-1-4-9-8(10)3-2-6-11(9)14/h1-6H,7H2. The Hall–Kier alpha value is -0.860. The van der Waals surface area contributed by atoms with Gasteiger partial charge in [-0.3, -0.25) is 4.79 Å². The van der Waals surface area contributed by atoms with E-state index in [9.17, 15) is 4.79 Å². The number of alkyl halides is 1. The van der Waals surface area contributed by atoms with Crippen LogP contribution in [0.15, 0.2) is 36.4 Å². The first-order valence-electron chi connectivity index (χ1n) is 4.50. The van der Waals surface area contributed by atoms with E-state index in [1.54, 1.807) is 0 Å². The molecule has 2 aromatic carbocycles. The van der Waals surface area contributed by atoms with Gasteiger partial charge in [0.2, 0.25) is 0 Å². The van der Waals surface area contributed by atoms with Crippen molar-refractivity contribution >= 4 is 44.1 Å². The van der Waals surface area contributed by atoms with Gasteiger partial charge in [-0.1, -0.05) is 57.9 Å². The molecular formula is C12H8BrClO. The Morgan fingerprint density at radius 3 is 2.53 bits per heavy atom. The van der Waals surface area contributed by atoms with Gasteiger partial charge in [0.05, 0.1) is 5.33 Å². The van der Waals surface area contributed by atoms with Crippen LogP contribution in [0.5, 0.6) is 0 Å². The molecule has 3 heteroatoms. The second-order valence-electron chi connectivity index (χ2n) is 3.20. The number of ketones is 1. The minimum atomic E-state index is 0.0721. The number of fused-ring (bicyclic) bond motifs is 1. The Balaban J connectivity index is 2.77. The number of hydrogen-bond acceptors (Lipinski definition) is 1. The Labute approximate surface area is 101 Å². The van der Waals surface area contributed by atoms with Crippen molar-refractivity contribution in [2.24, 2.45) is 0 Å². The van der Waals surface area contributed by atoms with Crippen LogP contribution >= 0.6 is 27.5 Å². The summed E-state index contributed by atoms with van der Waals surface area (Å²) in [5, 5.41) is 2.84. The number of halogens is 2. The number of hydrogen-bond donors (Lipinski definition) is 0. The third-order valence-corrected chi connectivity index (χ3v) is 3.13. The van der Waals surface area contributed by atoms with Gasteiger partial charge in [0.1, 0.15) is 0 Å². The van der Waals surface area contributed by atoms with Crippen molar-refractivity contribution in [3.8, 4) is 0 Å². The van der Waals surface area contributed by atoms with Gasteiger partial charge in [0.15, 0.2) is 5.78 Å². The van der Waals surface area contributed by atoms with Crippen LogP contribution in [0.4, 0.5) is 0 Å². The molecule has 0 radical (unpaired) electrons. The van der Waals surface area contributed by atoms with E-state index in [2.05, 4.69) is 15.9 Å². The summed E-state index contributed by atoms with van der Waals surface area (Å²) < 4.78 is 0. The summed E-state index contributed by atoms with van der Waals surface area (Å²) in [6.07, 6.45) is 0. The fraction of sp³-hybridized carbons (Fsp3) is 0.0833. The molecular weight excluding hydrogens is 275 g/mol. The molecule has 0 aliphatic heterocycles. The number of Topliss-reactive ketones (excluding diaryl/α,β-unsaturated/α-hetero) is 1. The van der Waals surface area contributed by atoms with Gasteiger partial charge in [0, 0.05) is 16.0 Å². The minimum absolute atomic E-state index is 0.0721. The molecule has 0 N–H and O–H groups in total. The van der Waals surface area contributed by atoms with Crippen LogP contribution in [-0.2, 0) is 0 Å². The van der Waals surface area contributed by atoms with Crippen LogP contribution in [0.25, 0.3) is 10.8 Å². The molecule has 76 valence electrons. The van der Waals surface area contributed by atoms with Crippen molar-refractivity contribution in [3.63, 3.8) is 0 Å². The Bertz CT molecular complexity index is 522. The van der Waals surface area contributed by atoms with E-state index in [1.807, 2.05) is 36.4 Å². The van der Waals surface area contributed by atoms with Gasteiger partial charge in [-0.2, -0.15) is 0 Å². The Kier molecular flexibility index (Phi) is 3.08. The normalized spacial score (nSPS) is 10.5. The van der Waals surface area contributed by atoms with Crippen LogP contribution in [0.2, 0.25) is 5.02 Å². The zero-order chi connectivity index (χ0) is 10.8. The first-order valence-corrected chi connectivity index (χ1v) is 6.00.